The van der Waals surface area contributed by atoms with Crippen molar-refractivity contribution in [3.8, 4) is 0 Å². The molecule has 0 fully saturated rings. The highest BCUT2D eigenvalue weighted by atomic mass is 79.9. The van der Waals surface area contributed by atoms with Crippen LogP contribution in [0.3, 0.4) is 0 Å². The van der Waals surface area contributed by atoms with Crippen molar-refractivity contribution in [3.63, 3.8) is 0 Å². The third-order valence-electron chi connectivity index (χ3n) is 3.01. The van der Waals surface area contributed by atoms with E-state index in [9.17, 15) is 0 Å². The van der Waals surface area contributed by atoms with E-state index < -0.39 is 0 Å². The zero-order chi connectivity index (χ0) is 9.26. The summed E-state index contributed by atoms with van der Waals surface area (Å²) in [7, 11) is 0. The number of fused-ring (bicyclic) bond motifs is 1. The summed E-state index contributed by atoms with van der Waals surface area (Å²) in [6.07, 6.45) is 8.81. The number of rotatable bonds is 0. The fraction of sp³-hybridized carbons (Fsp3) is 0.727. The van der Waals surface area contributed by atoms with Gasteiger partial charge in [0.2, 0.25) is 0 Å². The minimum Gasteiger partial charge on any atom is -0.118 e. The van der Waals surface area contributed by atoms with Crippen LogP contribution in [-0.4, -0.2) is 5.38 Å². The first-order chi connectivity index (χ1) is 6.27. The number of hydrogen-bond donors (Lipinski definition) is 0. The molecule has 0 saturated heterocycles. The van der Waals surface area contributed by atoms with Crippen LogP contribution in [0.25, 0.3) is 0 Å². The van der Waals surface area contributed by atoms with Crippen LogP contribution >= 0.6 is 27.5 Å². The molecule has 0 saturated carbocycles. The molecule has 0 spiro atoms. The van der Waals surface area contributed by atoms with Crippen molar-refractivity contribution >= 4 is 27.5 Å². The van der Waals surface area contributed by atoms with Gasteiger partial charge in [0.1, 0.15) is 0 Å². The Hall–Kier alpha value is 0.380. The molecule has 0 N–H and O–H groups in total. The van der Waals surface area contributed by atoms with Crippen molar-refractivity contribution in [2.45, 2.75) is 50.3 Å². The van der Waals surface area contributed by atoms with E-state index in [2.05, 4.69) is 15.9 Å². The standard InChI is InChI=1S/C11H15BrCl/c12-11-8-4-2-1-3-5-9(11)7-10(13)6-8/h10H,1-7H2/q+1. The fourth-order valence-electron chi connectivity index (χ4n) is 2.31. The summed E-state index contributed by atoms with van der Waals surface area (Å²) in [5, 5.41) is 0.365. The predicted octanol–water partition coefficient (Wildman–Crippen LogP) is 4.58. The second-order valence-corrected chi connectivity index (χ2v) is 5.50. The Morgan fingerprint density at radius 2 is 2.15 bits per heavy atom. The first kappa shape index (κ1) is 9.92. The lowest BCUT2D eigenvalue weighted by molar-refractivity contribution is 0.565. The van der Waals surface area contributed by atoms with Crippen molar-refractivity contribution in [2.75, 3.05) is 0 Å². The van der Waals surface area contributed by atoms with Gasteiger partial charge in [0.25, 0.3) is 0 Å². The normalized spacial score (nSPS) is 30.0. The van der Waals surface area contributed by atoms with Gasteiger partial charge in [0.05, 0.1) is 29.7 Å². The monoisotopic (exact) mass is 261 g/mol. The van der Waals surface area contributed by atoms with E-state index in [4.69, 9.17) is 11.6 Å². The highest BCUT2D eigenvalue weighted by molar-refractivity contribution is 9.11. The van der Waals surface area contributed by atoms with Crippen LogP contribution in [-0.2, 0) is 0 Å². The summed E-state index contributed by atoms with van der Waals surface area (Å²) < 4.78 is 1.42. The van der Waals surface area contributed by atoms with Gasteiger partial charge >= 0.3 is 0 Å². The van der Waals surface area contributed by atoms with E-state index in [1.165, 1.54) is 36.6 Å². The quantitative estimate of drug-likeness (QED) is 0.443. The van der Waals surface area contributed by atoms with E-state index >= 15 is 0 Å². The molecule has 0 aliphatic heterocycles. The molecule has 2 bridgehead atoms. The Morgan fingerprint density at radius 1 is 1.31 bits per heavy atom. The first-order valence-electron chi connectivity index (χ1n) is 5.14. The maximum atomic E-state index is 6.23. The summed E-state index contributed by atoms with van der Waals surface area (Å²) in [5.74, 6) is 1.57. The molecule has 13 heavy (non-hydrogen) atoms. The second kappa shape index (κ2) is 4.27. The van der Waals surface area contributed by atoms with Gasteiger partial charge in [-0.2, -0.15) is 0 Å². The van der Waals surface area contributed by atoms with E-state index in [0.717, 1.165) is 12.8 Å². The Morgan fingerprint density at radius 3 is 3.00 bits per heavy atom. The van der Waals surface area contributed by atoms with Crippen LogP contribution in [0.1, 0.15) is 44.9 Å². The van der Waals surface area contributed by atoms with Crippen LogP contribution in [0.5, 0.6) is 0 Å². The summed E-state index contributed by atoms with van der Waals surface area (Å²) in [6, 6.07) is 0. The van der Waals surface area contributed by atoms with Crippen LogP contribution in [0.2, 0.25) is 0 Å². The second-order valence-electron chi connectivity index (χ2n) is 4.09. The summed E-state index contributed by atoms with van der Waals surface area (Å²) in [5.41, 5.74) is 1.57. The first-order valence-corrected chi connectivity index (χ1v) is 6.37. The average molecular weight is 263 g/mol. The highest BCUT2D eigenvalue weighted by Gasteiger charge is 2.35. The molecular formula is C11H15BrCl+. The smallest absolute Gasteiger partial charge is 0.118 e. The fourth-order valence-corrected chi connectivity index (χ4v) is 3.41. The summed E-state index contributed by atoms with van der Waals surface area (Å²) in [4.78, 5) is 0. The Balaban J connectivity index is 2.19. The molecule has 0 heterocycles. The molecule has 0 aromatic rings. The SMILES string of the molecule is ClC1CC2=C(Br)[C+](CCCCC2)C1. The molecule has 0 aromatic heterocycles. The van der Waals surface area contributed by atoms with Gasteiger partial charge in [-0.05, 0) is 35.2 Å². The van der Waals surface area contributed by atoms with Crippen LogP contribution in [0, 0.1) is 5.92 Å². The number of hydrogen-bond acceptors (Lipinski definition) is 0. The molecule has 0 radical (unpaired) electrons. The molecule has 2 aliphatic rings. The van der Waals surface area contributed by atoms with Crippen LogP contribution in [0.4, 0.5) is 0 Å². The number of halogens is 2. The topological polar surface area (TPSA) is 0 Å². The zero-order valence-electron chi connectivity index (χ0n) is 7.78. The molecule has 0 nitrogen and oxygen atoms in total. The molecule has 72 valence electrons. The summed E-state index contributed by atoms with van der Waals surface area (Å²) in [6.45, 7) is 0. The maximum absolute atomic E-state index is 6.23. The van der Waals surface area contributed by atoms with Crippen molar-refractivity contribution in [3.05, 3.63) is 16.0 Å². The van der Waals surface area contributed by atoms with Crippen molar-refractivity contribution < 1.29 is 0 Å². The lowest BCUT2D eigenvalue weighted by atomic mass is 9.82. The minimum atomic E-state index is 0.365. The molecule has 2 heteroatoms. The minimum absolute atomic E-state index is 0.365. The van der Waals surface area contributed by atoms with Gasteiger partial charge in [0.15, 0.2) is 4.48 Å². The highest BCUT2D eigenvalue weighted by Crippen LogP contribution is 2.43. The third-order valence-corrected chi connectivity index (χ3v) is 4.44. The Kier molecular flexibility index (Phi) is 3.26. The van der Waals surface area contributed by atoms with Crippen molar-refractivity contribution in [1.82, 2.24) is 0 Å². The van der Waals surface area contributed by atoms with Crippen LogP contribution < -0.4 is 0 Å². The van der Waals surface area contributed by atoms with E-state index in [1.807, 2.05) is 0 Å². The third kappa shape index (κ3) is 2.24. The molecule has 1 atom stereocenters. The van der Waals surface area contributed by atoms with E-state index in [-0.39, 0.29) is 0 Å². The van der Waals surface area contributed by atoms with Gasteiger partial charge < -0.3 is 0 Å². The molecule has 0 aromatic carbocycles. The van der Waals surface area contributed by atoms with Crippen molar-refractivity contribution in [1.29, 1.82) is 0 Å². The predicted molar refractivity (Wildman–Crippen MR) is 61.2 cm³/mol. The van der Waals surface area contributed by atoms with E-state index in [1.54, 1.807) is 11.5 Å². The molecule has 2 aliphatic carbocycles. The zero-order valence-corrected chi connectivity index (χ0v) is 10.1. The van der Waals surface area contributed by atoms with Gasteiger partial charge in [-0.15, -0.1) is 11.6 Å². The molecule has 2 rings (SSSR count). The van der Waals surface area contributed by atoms with E-state index in [0.29, 0.717) is 5.38 Å². The molecule has 0 amide bonds. The van der Waals surface area contributed by atoms with Crippen molar-refractivity contribution in [2.24, 2.45) is 0 Å². The van der Waals surface area contributed by atoms with Gasteiger partial charge in [-0.1, -0.05) is 0 Å². The average Bonchev–Trinajstić information content (AvgIpc) is 2.11. The Labute approximate surface area is 93.9 Å². The largest absolute Gasteiger partial charge is 0.173 e. The maximum Gasteiger partial charge on any atom is 0.173 e. The van der Waals surface area contributed by atoms with Crippen LogP contribution in [0.15, 0.2) is 10.1 Å². The van der Waals surface area contributed by atoms with Gasteiger partial charge in [0, 0.05) is 12.8 Å². The summed E-state index contributed by atoms with van der Waals surface area (Å²) >= 11 is 9.96. The number of allylic oxidation sites excluding steroid dienone is 2. The number of alkyl halides is 1. The Bertz CT molecular complexity index is 222. The lowest BCUT2D eigenvalue weighted by Crippen LogP contribution is -2.17. The lowest BCUT2D eigenvalue weighted by Gasteiger charge is -2.22. The van der Waals surface area contributed by atoms with Gasteiger partial charge in [-0.25, -0.2) is 0 Å². The molecular weight excluding hydrogens is 247 g/mol. The molecule has 1 unspecified atom stereocenters. The van der Waals surface area contributed by atoms with Gasteiger partial charge in [-0.3, -0.25) is 0 Å².